The summed E-state index contributed by atoms with van der Waals surface area (Å²) in [4.78, 5) is 28.7. The number of anilines is 1. The standard InChI is InChI=1S/C30H23ClN2O4/c1-17-9-10-18(13-22(17)30(36)37)5-4-7-21-23-14-24(25(31)15-27(23)33-29(21)35)26-12-11-19(16-32-26)20-6-2-3-8-28(20)34/h2-3,6-16,34H,4-5H2,1H3,(H,33,35)(H,36,37)/b21-7-. The summed E-state index contributed by atoms with van der Waals surface area (Å²) >= 11 is 6.56. The van der Waals surface area contributed by atoms with Gasteiger partial charge in [0.2, 0.25) is 0 Å². The molecule has 0 spiro atoms. The van der Waals surface area contributed by atoms with Crippen LogP contribution in [0.5, 0.6) is 5.75 Å². The number of allylic oxidation sites excluding steroid dienone is 1. The maximum Gasteiger partial charge on any atom is 0.335 e. The first-order valence-electron chi connectivity index (χ1n) is 11.7. The number of aromatic carboxylic acids is 1. The van der Waals surface area contributed by atoms with E-state index in [2.05, 4.69) is 10.3 Å². The van der Waals surface area contributed by atoms with Crippen LogP contribution in [0.1, 0.15) is 33.5 Å². The number of phenols is 1. The molecule has 3 N–H and O–H groups in total. The second-order valence-electron chi connectivity index (χ2n) is 8.89. The summed E-state index contributed by atoms with van der Waals surface area (Å²) in [5, 5.41) is 22.8. The number of benzene rings is 3. The number of halogens is 1. The van der Waals surface area contributed by atoms with Gasteiger partial charge in [0.15, 0.2) is 0 Å². The van der Waals surface area contributed by atoms with E-state index in [-0.39, 0.29) is 17.2 Å². The SMILES string of the molecule is Cc1ccc(CC/C=C2\C(=O)Nc3cc(Cl)c(-c4ccc(-c5ccccc5O)cn4)cc32)cc1C(=O)O. The highest BCUT2D eigenvalue weighted by molar-refractivity contribution is 6.36. The highest BCUT2D eigenvalue weighted by atomic mass is 35.5. The molecule has 1 aliphatic rings. The Bertz CT molecular complexity index is 1580. The number of phenolic OH excluding ortho intramolecular Hbond substituents is 1. The molecule has 1 aliphatic heterocycles. The summed E-state index contributed by atoms with van der Waals surface area (Å²) in [6.07, 6.45) is 4.72. The summed E-state index contributed by atoms with van der Waals surface area (Å²) in [5.74, 6) is -0.980. The predicted octanol–water partition coefficient (Wildman–Crippen LogP) is 6.75. The van der Waals surface area contributed by atoms with Gasteiger partial charge < -0.3 is 15.5 Å². The van der Waals surface area contributed by atoms with Crippen molar-refractivity contribution in [1.82, 2.24) is 4.98 Å². The molecular weight excluding hydrogens is 488 g/mol. The van der Waals surface area contributed by atoms with Crippen LogP contribution >= 0.6 is 11.6 Å². The average Bonchev–Trinajstić information content (AvgIpc) is 3.18. The molecule has 2 heterocycles. The molecule has 184 valence electrons. The van der Waals surface area contributed by atoms with Gasteiger partial charge in [-0.05, 0) is 61.2 Å². The minimum absolute atomic E-state index is 0.178. The Balaban J connectivity index is 1.41. The number of rotatable bonds is 6. The number of hydrogen-bond donors (Lipinski definition) is 3. The summed E-state index contributed by atoms with van der Waals surface area (Å²) in [6.45, 7) is 1.77. The number of pyridine rings is 1. The van der Waals surface area contributed by atoms with Crippen LogP contribution in [0.2, 0.25) is 5.02 Å². The van der Waals surface area contributed by atoms with Crippen molar-refractivity contribution in [1.29, 1.82) is 0 Å². The van der Waals surface area contributed by atoms with Crippen LogP contribution in [0, 0.1) is 6.92 Å². The number of fused-ring (bicyclic) bond motifs is 1. The Morgan fingerprint density at radius 1 is 1.03 bits per heavy atom. The normalized spacial score (nSPS) is 13.5. The van der Waals surface area contributed by atoms with Gasteiger partial charge in [0.05, 0.1) is 22.0 Å². The number of carboxylic acid groups (broad SMARTS) is 1. The lowest BCUT2D eigenvalue weighted by Crippen LogP contribution is -2.04. The number of hydrogen-bond acceptors (Lipinski definition) is 4. The fraction of sp³-hybridized carbons (Fsp3) is 0.100. The summed E-state index contributed by atoms with van der Waals surface area (Å²) in [7, 11) is 0. The number of nitrogens with one attached hydrogen (secondary N) is 1. The Labute approximate surface area is 218 Å². The number of carboxylic acids is 1. The number of aromatic hydroxyl groups is 1. The Morgan fingerprint density at radius 2 is 1.84 bits per heavy atom. The third-order valence-electron chi connectivity index (χ3n) is 6.46. The molecule has 3 aromatic carbocycles. The molecule has 1 amide bonds. The van der Waals surface area contributed by atoms with E-state index in [9.17, 15) is 19.8 Å². The number of carbonyl (C=O) groups excluding carboxylic acids is 1. The third-order valence-corrected chi connectivity index (χ3v) is 6.77. The zero-order valence-corrected chi connectivity index (χ0v) is 20.7. The van der Waals surface area contributed by atoms with Crippen LogP contribution in [0.25, 0.3) is 28.0 Å². The lowest BCUT2D eigenvalue weighted by molar-refractivity contribution is -0.110. The van der Waals surface area contributed by atoms with Crippen LogP contribution in [0.3, 0.4) is 0 Å². The van der Waals surface area contributed by atoms with Crippen molar-refractivity contribution in [2.75, 3.05) is 5.32 Å². The van der Waals surface area contributed by atoms with Gasteiger partial charge in [-0.25, -0.2) is 4.79 Å². The minimum atomic E-state index is -0.951. The molecule has 0 aliphatic carbocycles. The average molecular weight is 511 g/mol. The summed E-state index contributed by atoms with van der Waals surface area (Å²) in [5.41, 5.74) is 6.62. The molecule has 0 unspecified atom stereocenters. The van der Waals surface area contributed by atoms with E-state index < -0.39 is 5.97 Å². The minimum Gasteiger partial charge on any atom is -0.507 e. The van der Waals surface area contributed by atoms with E-state index in [1.54, 1.807) is 43.5 Å². The van der Waals surface area contributed by atoms with Gasteiger partial charge in [-0.3, -0.25) is 9.78 Å². The molecule has 0 atom stereocenters. The van der Waals surface area contributed by atoms with E-state index in [4.69, 9.17) is 11.6 Å². The van der Waals surface area contributed by atoms with Crippen molar-refractivity contribution in [2.24, 2.45) is 0 Å². The number of amides is 1. The molecule has 0 saturated carbocycles. The molecule has 0 radical (unpaired) electrons. The second-order valence-corrected chi connectivity index (χ2v) is 9.30. The van der Waals surface area contributed by atoms with E-state index >= 15 is 0 Å². The zero-order chi connectivity index (χ0) is 26.1. The van der Waals surface area contributed by atoms with Crippen LogP contribution in [0.15, 0.2) is 79.0 Å². The predicted molar refractivity (Wildman–Crippen MR) is 145 cm³/mol. The van der Waals surface area contributed by atoms with Crippen molar-refractivity contribution >= 4 is 34.7 Å². The summed E-state index contributed by atoms with van der Waals surface area (Å²) in [6, 6.07) is 19.7. The fourth-order valence-corrected chi connectivity index (χ4v) is 4.74. The Hall–Kier alpha value is -4.42. The number of nitrogens with zero attached hydrogens (tertiary/aromatic N) is 1. The Kier molecular flexibility index (Phi) is 6.51. The molecule has 1 aromatic heterocycles. The number of aromatic nitrogens is 1. The number of aryl methyl sites for hydroxylation is 2. The maximum atomic E-state index is 12.7. The van der Waals surface area contributed by atoms with E-state index in [0.29, 0.717) is 51.5 Å². The van der Waals surface area contributed by atoms with Crippen molar-refractivity contribution in [3.63, 3.8) is 0 Å². The van der Waals surface area contributed by atoms with Crippen LogP contribution in [-0.2, 0) is 11.2 Å². The van der Waals surface area contributed by atoms with Gasteiger partial charge in [0.1, 0.15) is 5.75 Å². The lowest BCUT2D eigenvalue weighted by atomic mass is 9.98. The molecule has 4 aromatic rings. The monoisotopic (exact) mass is 510 g/mol. The lowest BCUT2D eigenvalue weighted by Gasteiger charge is -2.09. The second kappa shape index (κ2) is 9.91. The molecule has 0 fully saturated rings. The number of carbonyl (C=O) groups is 2. The highest BCUT2D eigenvalue weighted by Crippen LogP contribution is 2.40. The smallest absolute Gasteiger partial charge is 0.335 e. The largest absolute Gasteiger partial charge is 0.507 e. The molecule has 0 saturated heterocycles. The first kappa shape index (κ1) is 24.3. The van der Waals surface area contributed by atoms with E-state index in [0.717, 1.165) is 16.7 Å². The van der Waals surface area contributed by atoms with Crippen molar-refractivity contribution in [2.45, 2.75) is 19.8 Å². The van der Waals surface area contributed by atoms with Crippen molar-refractivity contribution in [3.05, 3.63) is 106 Å². The van der Waals surface area contributed by atoms with E-state index in [1.165, 1.54) is 0 Å². The van der Waals surface area contributed by atoms with Gasteiger partial charge in [-0.2, -0.15) is 0 Å². The third kappa shape index (κ3) is 4.84. The van der Waals surface area contributed by atoms with Gasteiger partial charge in [-0.1, -0.05) is 54.1 Å². The van der Waals surface area contributed by atoms with Gasteiger partial charge >= 0.3 is 5.97 Å². The quantitative estimate of drug-likeness (QED) is 0.249. The molecule has 0 bridgehead atoms. The molecule has 5 rings (SSSR count). The molecule has 7 heteroatoms. The topological polar surface area (TPSA) is 99.5 Å². The van der Waals surface area contributed by atoms with Crippen LogP contribution in [-0.4, -0.2) is 27.1 Å². The van der Waals surface area contributed by atoms with Gasteiger partial charge in [-0.15, -0.1) is 0 Å². The maximum absolute atomic E-state index is 12.7. The zero-order valence-electron chi connectivity index (χ0n) is 20.0. The van der Waals surface area contributed by atoms with Crippen LogP contribution in [0.4, 0.5) is 5.69 Å². The number of para-hydroxylation sites is 1. The van der Waals surface area contributed by atoms with E-state index in [1.807, 2.05) is 42.5 Å². The van der Waals surface area contributed by atoms with Crippen molar-refractivity contribution in [3.8, 4) is 28.1 Å². The first-order chi connectivity index (χ1) is 17.8. The van der Waals surface area contributed by atoms with Crippen LogP contribution < -0.4 is 5.32 Å². The van der Waals surface area contributed by atoms with Crippen molar-refractivity contribution < 1.29 is 19.8 Å². The summed E-state index contributed by atoms with van der Waals surface area (Å²) < 4.78 is 0. The van der Waals surface area contributed by atoms with Gasteiger partial charge in [0, 0.05) is 34.0 Å². The molecule has 37 heavy (non-hydrogen) atoms. The Morgan fingerprint density at radius 3 is 2.57 bits per heavy atom. The first-order valence-corrected chi connectivity index (χ1v) is 12.1. The highest BCUT2D eigenvalue weighted by Gasteiger charge is 2.26. The molecule has 6 nitrogen and oxygen atoms in total. The fourth-order valence-electron chi connectivity index (χ4n) is 4.48. The molecular formula is C30H23ClN2O4. The van der Waals surface area contributed by atoms with Gasteiger partial charge in [0.25, 0.3) is 5.91 Å².